The Kier molecular flexibility index (Phi) is 5.84. The molecule has 5 nitrogen and oxygen atoms in total. The van der Waals surface area contributed by atoms with Crippen molar-refractivity contribution in [2.75, 3.05) is 29.4 Å². The van der Waals surface area contributed by atoms with Crippen LogP contribution in [0.3, 0.4) is 0 Å². The van der Waals surface area contributed by atoms with E-state index in [0.717, 1.165) is 38.0 Å². The summed E-state index contributed by atoms with van der Waals surface area (Å²) in [5, 5.41) is 3.20. The lowest BCUT2D eigenvalue weighted by Crippen LogP contribution is -2.46. The van der Waals surface area contributed by atoms with Gasteiger partial charge in [-0.1, -0.05) is 37.3 Å². The molecule has 0 aromatic heterocycles. The van der Waals surface area contributed by atoms with Crippen LogP contribution in [0.1, 0.15) is 31.7 Å². The number of hydrogen-bond donors (Lipinski definition) is 1. The van der Waals surface area contributed by atoms with E-state index in [-0.39, 0.29) is 23.8 Å². The SMILES string of the molecule is CCc1ccc(N2CC(C(=O)NC3CCN(c4ccccc4)CC3)CC2=O)cc1. The van der Waals surface area contributed by atoms with Crippen molar-refractivity contribution in [3.05, 3.63) is 60.2 Å². The molecule has 2 aliphatic heterocycles. The molecule has 2 heterocycles. The topological polar surface area (TPSA) is 52.7 Å². The van der Waals surface area contributed by atoms with Gasteiger partial charge in [0.15, 0.2) is 0 Å². The predicted molar refractivity (Wildman–Crippen MR) is 116 cm³/mol. The maximum atomic E-state index is 12.8. The van der Waals surface area contributed by atoms with Gasteiger partial charge in [-0.3, -0.25) is 9.59 Å². The number of aryl methyl sites for hydroxylation is 1. The molecule has 152 valence electrons. The van der Waals surface area contributed by atoms with Crippen molar-refractivity contribution in [3.8, 4) is 0 Å². The lowest BCUT2D eigenvalue weighted by Gasteiger charge is -2.34. The minimum absolute atomic E-state index is 0.0178. The van der Waals surface area contributed by atoms with Gasteiger partial charge in [-0.25, -0.2) is 0 Å². The molecule has 2 aliphatic rings. The monoisotopic (exact) mass is 391 g/mol. The van der Waals surface area contributed by atoms with Crippen LogP contribution in [-0.4, -0.2) is 37.5 Å². The molecule has 0 radical (unpaired) electrons. The van der Waals surface area contributed by atoms with Crippen molar-refractivity contribution in [2.45, 2.75) is 38.6 Å². The summed E-state index contributed by atoms with van der Waals surface area (Å²) >= 11 is 0. The maximum Gasteiger partial charge on any atom is 0.227 e. The van der Waals surface area contributed by atoms with Gasteiger partial charge in [0, 0.05) is 43.5 Å². The zero-order valence-electron chi connectivity index (χ0n) is 17.0. The van der Waals surface area contributed by atoms with E-state index in [1.54, 1.807) is 4.90 Å². The fourth-order valence-corrected chi connectivity index (χ4v) is 4.28. The van der Waals surface area contributed by atoms with Crippen LogP contribution in [0.5, 0.6) is 0 Å². The average Bonchev–Trinajstić information content (AvgIpc) is 3.17. The number of rotatable bonds is 5. The van der Waals surface area contributed by atoms with Crippen molar-refractivity contribution in [2.24, 2.45) is 5.92 Å². The second kappa shape index (κ2) is 8.68. The Morgan fingerprint density at radius 3 is 2.34 bits per heavy atom. The smallest absolute Gasteiger partial charge is 0.227 e. The molecule has 2 aromatic carbocycles. The first kappa shape index (κ1) is 19.5. The number of benzene rings is 2. The molecule has 0 saturated carbocycles. The van der Waals surface area contributed by atoms with Crippen LogP contribution in [-0.2, 0) is 16.0 Å². The van der Waals surface area contributed by atoms with Crippen LogP contribution in [0, 0.1) is 5.92 Å². The Morgan fingerprint density at radius 2 is 1.69 bits per heavy atom. The second-order valence-corrected chi connectivity index (χ2v) is 8.03. The Balaban J connectivity index is 1.30. The van der Waals surface area contributed by atoms with Crippen molar-refractivity contribution < 1.29 is 9.59 Å². The van der Waals surface area contributed by atoms with Gasteiger partial charge in [-0.2, -0.15) is 0 Å². The highest BCUT2D eigenvalue weighted by Crippen LogP contribution is 2.26. The molecule has 1 atom stereocenters. The van der Waals surface area contributed by atoms with Crippen LogP contribution in [0.4, 0.5) is 11.4 Å². The Hall–Kier alpha value is -2.82. The summed E-state index contributed by atoms with van der Waals surface area (Å²) in [6, 6.07) is 18.7. The van der Waals surface area contributed by atoms with Crippen molar-refractivity contribution >= 4 is 23.2 Å². The summed E-state index contributed by atoms with van der Waals surface area (Å²) in [7, 11) is 0. The average molecular weight is 392 g/mol. The van der Waals surface area contributed by atoms with E-state index in [1.165, 1.54) is 11.3 Å². The van der Waals surface area contributed by atoms with E-state index in [4.69, 9.17) is 0 Å². The van der Waals surface area contributed by atoms with Crippen molar-refractivity contribution in [1.82, 2.24) is 5.32 Å². The molecule has 5 heteroatoms. The molecular weight excluding hydrogens is 362 g/mol. The van der Waals surface area contributed by atoms with E-state index in [1.807, 2.05) is 18.2 Å². The number of carbonyl (C=O) groups is 2. The highest BCUT2D eigenvalue weighted by molar-refractivity contribution is 6.00. The summed E-state index contributed by atoms with van der Waals surface area (Å²) in [6.07, 6.45) is 3.14. The highest BCUT2D eigenvalue weighted by atomic mass is 16.2. The zero-order valence-corrected chi connectivity index (χ0v) is 17.0. The number of para-hydroxylation sites is 1. The molecule has 2 amide bonds. The summed E-state index contributed by atoms with van der Waals surface area (Å²) in [5.41, 5.74) is 3.37. The van der Waals surface area contributed by atoms with Gasteiger partial charge in [-0.15, -0.1) is 0 Å². The van der Waals surface area contributed by atoms with E-state index >= 15 is 0 Å². The number of amides is 2. The molecule has 4 rings (SSSR count). The van der Waals surface area contributed by atoms with E-state index in [0.29, 0.717) is 13.0 Å². The fourth-order valence-electron chi connectivity index (χ4n) is 4.28. The number of nitrogens with one attached hydrogen (secondary N) is 1. The van der Waals surface area contributed by atoms with Gasteiger partial charge in [0.2, 0.25) is 11.8 Å². The third kappa shape index (κ3) is 4.44. The van der Waals surface area contributed by atoms with Crippen molar-refractivity contribution in [1.29, 1.82) is 0 Å². The first-order valence-electron chi connectivity index (χ1n) is 10.6. The molecule has 0 aliphatic carbocycles. The predicted octanol–water partition coefficient (Wildman–Crippen LogP) is 3.39. The minimum atomic E-state index is -0.263. The summed E-state index contributed by atoms with van der Waals surface area (Å²) in [6.45, 7) is 4.46. The zero-order chi connectivity index (χ0) is 20.2. The molecule has 2 saturated heterocycles. The molecule has 0 spiro atoms. The molecular formula is C24H29N3O2. The molecule has 29 heavy (non-hydrogen) atoms. The Bertz CT molecular complexity index is 842. The first-order valence-corrected chi connectivity index (χ1v) is 10.6. The lowest BCUT2D eigenvalue weighted by atomic mass is 10.0. The van der Waals surface area contributed by atoms with Gasteiger partial charge in [0.1, 0.15) is 0 Å². The lowest BCUT2D eigenvalue weighted by molar-refractivity contribution is -0.127. The van der Waals surface area contributed by atoms with Crippen LogP contribution in [0.25, 0.3) is 0 Å². The van der Waals surface area contributed by atoms with Crippen LogP contribution >= 0.6 is 0 Å². The molecule has 2 fully saturated rings. The molecule has 0 bridgehead atoms. The van der Waals surface area contributed by atoms with Gasteiger partial charge in [-0.05, 0) is 49.1 Å². The van der Waals surface area contributed by atoms with Gasteiger partial charge >= 0.3 is 0 Å². The van der Waals surface area contributed by atoms with E-state index < -0.39 is 0 Å². The third-order valence-electron chi connectivity index (χ3n) is 6.11. The largest absolute Gasteiger partial charge is 0.371 e. The minimum Gasteiger partial charge on any atom is -0.371 e. The van der Waals surface area contributed by atoms with E-state index in [2.05, 4.69) is 53.5 Å². The summed E-state index contributed by atoms with van der Waals surface area (Å²) < 4.78 is 0. The van der Waals surface area contributed by atoms with Crippen LogP contribution in [0.15, 0.2) is 54.6 Å². The fraction of sp³-hybridized carbons (Fsp3) is 0.417. The van der Waals surface area contributed by atoms with E-state index in [9.17, 15) is 9.59 Å². The quantitative estimate of drug-likeness (QED) is 0.850. The van der Waals surface area contributed by atoms with Gasteiger partial charge < -0.3 is 15.1 Å². The van der Waals surface area contributed by atoms with Gasteiger partial charge in [0.05, 0.1) is 5.92 Å². The highest BCUT2D eigenvalue weighted by Gasteiger charge is 2.36. The second-order valence-electron chi connectivity index (χ2n) is 8.03. The number of hydrogen-bond acceptors (Lipinski definition) is 3. The maximum absolute atomic E-state index is 12.8. The van der Waals surface area contributed by atoms with Crippen LogP contribution in [0.2, 0.25) is 0 Å². The molecule has 1 N–H and O–H groups in total. The number of anilines is 2. The normalized spacial score (nSPS) is 20.2. The Morgan fingerprint density at radius 1 is 1.00 bits per heavy atom. The van der Waals surface area contributed by atoms with Crippen LogP contribution < -0.4 is 15.1 Å². The van der Waals surface area contributed by atoms with Gasteiger partial charge in [0.25, 0.3) is 0 Å². The van der Waals surface area contributed by atoms with Crippen molar-refractivity contribution in [3.63, 3.8) is 0 Å². The third-order valence-corrected chi connectivity index (χ3v) is 6.11. The molecule has 2 aromatic rings. The number of piperidine rings is 1. The first-order chi connectivity index (χ1) is 14.1. The number of carbonyl (C=O) groups excluding carboxylic acids is 2. The standard InChI is InChI=1S/C24H29N3O2/c1-2-18-8-10-22(11-9-18)27-17-19(16-23(27)28)24(29)25-20-12-14-26(15-13-20)21-6-4-3-5-7-21/h3-11,19-20H,2,12-17H2,1H3,(H,25,29). The molecule has 1 unspecified atom stereocenters. The summed E-state index contributed by atoms with van der Waals surface area (Å²) in [4.78, 5) is 29.4. The number of nitrogens with zero attached hydrogens (tertiary/aromatic N) is 2. The summed E-state index contributed by atoms with van der Waals surface area (Å²) in [5.74, 6) is -0.210. The Labute approximate surface area is 172 Å².